The van der Waals surface area contributed by atoms with Crippen molar-refractivity contribution in [2.45, 2.75) is 0 Å². The Morgan fingerprint density at radius 3 is 2.47 bits per heavy atom. The highest BCUT2D eigenvalue weighted by Gasteiger charge is 2.11. The second-order valence-electron chi connectivity index (χ2n) is 4.81. The van der Waals surface area contributed by atoms with E-state index in [9.17, 15) is 4.79 Å². The van der Waals surface area contributed by atoms with Crippen molar-refractivity contribution in [3.05, 3.63) is 28.2 Å². The van der Waals surface area contributed by atoms with Crippen LogP contribution in [0.15, 0.2) is 22.7 Å². The smallest absolute Gasteiger partial charge is 0.176 e. The normalized spacial score (nSPS) is 11.1. The average Bonchev–Trinajstić information content (AvgIpc) is 2.36. The van der Waals surface area contributed by atoms with E-state index >= 15 is 0 Å². The van der Waals surface area contributed by atoms with Crippen molar-refractivity contribution in [3.8, 4) is 5.75 Å². The molecule has 0 fully saturated rings. The lowest BCUT2D eigenvalue weighted by molar-refractivity contribution is 0.0942. The summed E-state index contributed by atoms with van der Waals surface area (Å²) in [7, 11) is 7.61. The van der Waals surface area contributed by atoms with Gasteiger partial charge in [0.25, 0.3) is 0 Å². The van der Waals surface area contributed by atoms with E-state index in [1.165, 1.54) is 0 Å². The third kappa shape index (κ3) is 5.30. The molecule has 1 aromatic carbocycles. The van der Waals surface area contributed by atoms with Crippen LogP contribution in [0.4, 0.5) is 0 Å². The first-order valence-electron chi connectivity index (χ1n) is 6.14. The van der Waals surface area contributed by atoms with E-state index in [2.05, 4.69) is 20.8 Å². The third-order valence-electron chi connectivity index (χ3n) is 2.82. The number of carbonyl (C=O) groups excluding carboxylic acids is 1. The van der Waals surface area contributed by atoms with Gasteiger partial charge in [0, 0.05) is 18.7 Å². The van der Waals surface area contributed by atoms with Gasteiger partial charge in [-0.1, -0.05) is 0 Å². The minimum absolute atomic E-state index is 0.115. The largest absolute Gasteiger partial charge is 0.496 e. The Morgan fingerprint density at radius 2 is 1.95 bits per heavy atom. The number of benzene rings is 1. The Bertz CT molecular complexity index is 435. The van der Waals surface area contributed by atoms with Gasteiger partial charge in [0.15, 0.2) is 5.78 Å². The summed E-state index contributed by atoms with van der Waals surface area (Å²) >= 11 is 3.39. The molecule has 0 atom stereocenters. The van der Waals surface area contributed by atoms with E-state index in [1.807, 2.05) is 26.0 Å². The molecule has 5 heteroatoms. The molecule has 106 valence electrons. The van der Waals surface area contributed by atoms with Gasteiger partial charge in [-0.05, 0) is 55.3 Å². The minimum Gasteiger partial charge on any atom is -0.496 e. The fourth-order valence-corrected chi connectivity index (χ4v) is 2.17. The van der Waals surface area contributed by atoms with Gasteiger partial charge in [-0.3, -0.25) is 9.69 Å². The van der Waals surface area contributed by atoms with Crippen LogP contribution in [0.5, 0.6) is 5.75 Å². The first kappa shape index (κ1) is 16.1. The van der Waals surface area contributed by atoms with Crippen molar-refractivity contribution in [2.24, 2.45) is 0 Å². The molecular weight excluding hydrogens is 308 g/mol. The molecule has 0 aromatic heterocycles. The fraction of sp³-hybridized carbons (Fsp3) is 0.500. The maximum atomic E-state index is 12.1. The Hall–Kier alpha value is -0.910. The van der Waals surface area contributed by atoms with Gasteiger partial charge in [0.2, 0.25) is 0 Å². The molecule has 0 unspecified atom stereocenters. The highest BCUT2D eigenvalue weighted by Crippen LogP contribution is 2.25. The van der Waals surface area contributed by atoms with Gasteiger partial charge in [-0.15, -0.1) is 0 Å². The van der Waals surface area contributed by atoms with Crippen molar-refractivity contribution in [2.75, 3.05) is 47.9 Å². The van der Waals surface area contributed by atoms with Crippen LogP contribution in [0.1, 0.15) is 10.4 Å². The van der Waals surface area contributed by atoms with Crippen molar-refractivity contribution >= 4 is 21.7 Å². The summed E-state index contributed by atoms with van der Waals surface area (Å²) < 4.78 is 5.95. The van der Waals surface area contributed by atoms with Crippen molar-refractivity contribution in [1.82, 2.24) is 9.80 Å². The van der Waals surface area contributed by atoms with Crippen molar-refractivity contribution in [3.63, 3.8) is 0 Å². The monoisotopic (exact) mass is 328 g/mol. The predicted molar refractivity (Wildman–Crippen MR) is 81.1 cm³/mol. The average molecular weight is 329 g/mol. The molecule has 0 aliphatic heterocycles. The molecule has 0 saturated heterocycles. The van der Waals surface area contributed by atoms with E-state index in [-0.39, 0.29) is 5.78 Å². The molecule has 0 saturated carbocycles. The van der Waals surface area contributed by atoms with Crippen LogP contribution >= 0.6 is 15.9 Å². The standard InChI is InChI=1S/C14H21BrN2O2/c1-16(2)7-8-17(3)10-13(18)11-5-6-14(19-4)12(15)9-11/h5-6,9H,7-8,10H2,1-4H3. The van der Waals surface area contributed by atoms with Crippen LogP contribution in [-0.4, -0.2) is 63.5 Å². The number of likely N-dealkylation sites (N-methyl/N-ethyl adjacent to an activating group) is 2. The number of Topliss-reactive ketones (excluding diaryl/α,β-unsaturated/α-hetero) is 1. The molecule has 0 spiro atoms. The molecule has 0 aliphatic rings. The molecule has 0 bridgehead atoms. The number of hydrogen-bond acceptors (Lipinski definition) is 4. The van der Waals surface area contributed by atoms with Gasteiger partial charge in [-0.2, -0.15) is 0 Å². The molecule has 4 nitrogen and oxygen atoms in total. The topological polar surface area (TPSA) is 32.8 Å². The van der Waals surface area contributed by atoms with Gasteiger partial charge in [-0.25, -0.2) is 0 Å². The molecular formula is C14H21BrN2O2. The van der Waals surface area contributed by atoms with Gasteiger partial charge < -0.3 is 9.64 Å². The maximum absolute atomic E-state index is 12.1. The first-order valence-corrected chi connectivity index (χ1v) is 6.93. The number of ketones is 1. The molecule has 1 rings (SSSR count). The van der Waals surface area contributed by atoms with Crippen LogP contribution in [0.3, 0.4) is 0 Å². The third-order valence-corrected chi connectivity index (χ3v) is 3.44. The second-order valence-corrected chi connectivity index (χ2v) is 5.67. The quantitative estimate of drug-likeness (QED) is 0.718. The lowest BCUT2D eigenvalue weighted by atomic mass is 10.1. The number of rotatable bonds is 7. The number of hydrogen-bond donors (Lipinski definition) is 0. The van der Waals surface area contributed by atoms with E-state index in [4.69, 9.17) is 4.74 Å². The van der Waals surface area contributed by atoms with Gasteiger partial charge >= 0.3 is 0 Å². The molecule has 0 heterocycles. The van der Waals surface area contributed by atoms with Crippen LogP contribution in [0.25, 0.3) is 0 Å². The van der Waals surface area contributed by atoms with Gasteiger partial charge in [0.05, 0.1) is 18.1 Å². The number of carbonyl (C=O) groups is 1. The molecule has 0 amide bonds. The Balaban J connectivity index is 2.60. The molecule has 0 N–H and O–H groups in total. The summed E-state index contributed by atoms with van der Waals surface area (Å²) in [5, 5.41) is 0. The van der Waals surface area contributed by atoms with E-state index in [1.54, 1.807) is 25.3 Å². The Morgan fingerprint density at radius 1 is 1.26 bits per heavy atom. The highest BCUT2D eigenvalue weighted by atomic mass is 79.9. The lowest BCUT2D eigenvalue weighted by Gasteiger charge is -2.18. The number of methoxy groups -OCH3 is 1. The minimum atomic E-state index is 0.115. The van der Waals surface area contributed by atoms with Crippen LogP contribution in [-0.2, 0) is 0 Å². The van der Waals surface area contributed by atoms with Crippen LogP contribution < -0.4 is 4.74 Å². The second kappa shape index (κ2) is 7.62. The van der Waals surface area contributed by atoms with Crippen molar-refractivity contribution in [1.29, 1.82) is 0 Å². The fourth-order valence-electron chi connectivity index (χ4n) is 1.63. The lowest BCUT2D eigenvalue weighted by Crippen LogP contribution is -2.32. The molecule has 0 radical (unpaired) electrons. The molecule has 1 aromatic rings. The number of nitrogens with zero attached hydrogens (tertiary/aromatic N) is 2. The predicted octanol–water partition coefficient (Wildman–Crippen LogP) is 2.13. The first-order chi connectivity index (χ1) is 8.93. The Kier molecular flexibility index (Phi) is 6.48. The number of halogens is 1. The molecule has 0 aliphatic carbocycles. The van der Waals surface area contributed by atoms with Gasteiger partial charge in [0.1, 0.15) is 5.75 Å². The van der Waals surface area contributed by atoms with E-state index < -0.39 is 0 Å². The summed E-state index contributed by atoms with van der Waals surface area (Å²) in [4.78, 5) is 16.3. The summed E-state index contributed by atoms with van der Waals surface area (Å²) in [6.45, 7) is 2.23. The summed E-state index contributed by atoms with van der Waals surface area (Å²) in [5.74, 6) is 0.849. The van der Waals surface area contributed by atoms with E-state index in [0.717, 1.165) is 23.3 Å². The van der Waals surface area contributed by atoms with E-state index in [0.29, 0.717) is 12.1 Å². The molecule has 19 heavy (non-hydrogen) atoms. The van der Waals surface area contributed by atoms with Crippen LogP contribution in [0, 0.1) is 0 Å². The zero-order valence-electron chi connectivity index (χ0n) is 11.9. The summed E-state index contributed by atoms with van der Waals surface area (Å²) in [5.41, 5.74) is 0.698. The zero-order valence-corrected chi connectivity index (χ0v) is 13.5. The summed E-state index contributed by atoms with van der Waals surface area (Å²) in [6.07, 6.45) is 0. The van der Waals surface area contributed by atoms with Crippen molar-refractivity contribution < 1.29 is 9.53 Å². The summed E-state index contributed by atoms with van der Waals surface area (Å²) in [6, 6.07) is 5.41. The maximum Gasteiger partial charge on any atom is 0.176 e. The highest BCUT2D eigenvalue weighted by molar-refractivity contribution is 9.10. The number of ether oxygens (including phenoxy) is 1. The zero-order chi connectivity index (χ0) is 14.4. The SMILES string of the molecule is COc1ccc(C(=O)CN(C)CCN(C)C)cc1Br. The Labute approximate surface area is 123 Å². The van der Waals surface area contributed by atoms with Crippen LogP contribution in [0.2, 0.25) is 0 Å².